The molecule has 0 aliphatic carbocycles. The number of fused-ring (bicyclic) bond motifs is 1. The molecule has 1 fully saturated rings. The number of aryl methyl sites for hydroxylation is 1. The van der Waals surface area contributed by atoms with Crippen LogP contribution in [0.4, 0.5) is 5.82 Å². The fraction of sp³-hybridized carbons (Fsp3) is 0.522. The Morgan fingerprint density at radius 2 is 2.10 bits per heavy atom. The Bertz CT molecular complexity index is 866. The third-order valence-electron chi connectivity index (χ3n) is 5.71. The lowest BCUT2D eigenvalue weighted by Gasteiger charge is -2.34. The van der Waals surface area contributed by atoms with Crippen molar-refractivity contribution in [2.45, 2.75) is 45.6 Å². The van der Waals surface area contributed by atoms with Crippen molar-refractivity contribution in [3.63, 3.8) is 0 Å². The van der Waals surface area contributed by atoms with Gasteiger partial charge in [0.15, 0.2) is 5.78 Å². The monoisotopic (exact) mass is 395 g/mol. The normalized spacial score (nSPS) is 19.5. The van der Waals surface area contributed by atoms with Gasteiger partial charge in [-0.05, 0) is 43.0 Å². The molecule has 2 aliphatic rings. The zero-order valence-corrected chi connectivity index (χ0v) is 17.3. The first-order valence-corrected chi connectivity index (χ1v) is 10.6. The largest absolute Gasteiger partial charge is 0.381 e. The van der Waals surface area contributed by atoms with Gasteiger partial charge in [-0.1, -0.05) is 13.0 Å². The summed E-state index contributed by atoms with van der Waals surface area (Å²) in [5, 5.41) is 0. The van der Waals surface area contributed by atoms with E-state index in [0.29, 0.717) is 26.2 Å². The van der Waals surface area contributed by atoms with E-state index in [4.69, 9.17) is 14.5 Å². The second-order valence-corrected chi connectivity index (χ2v) is 7.84. The van der Waals surface area contributed by atoms with E-state index in [1.165, 1.54) is 0 Å². The van der Waals surface area contributed by atoms with Crippen LogP contribution in [-0.4, -0.2) is 54.8 Å². The van der Waals surface area contributed by atoms with Crippen molar-refractivity contribution in [3.05, 3.63) is 52.5 Å². The van der Waals surface area contributed by atoms with E-state index in [2.05, 4.69) is 16.8 Å². The number of pyridine rings is 2. The van der Waals surface area contributed by atoms with E-state index in [-0.39, 0.29) is 11.9 Å². The summed E-state index contributed by atoms with van der Waals surface area (Å²) in [5.74, 6) is 0.982. The number of ketones is 1. The standard InChI is InChI=1S/C23H29N3O3/c1-3-18-15-26(8-11-29-18)23-13-20(19-6-9-28-10-7-21(19)25-23)22(27)12-17-5-4-16(2)14-24-17/h4-5,13-14,18H,3,6-12,15H2,1-2H3/t18-/m1/s1. The summed E-state index contributed by atoms with van der Waals surface area (Å²) in [7, 11) is 0. The quantitative estimate of drug-likeness (QED) is 0.726. The van der Waals surface area contributed by atoms with Crippen LogP contribution in [0.3, 0.4) is 0 Å². The molecule has 0 unspecified atom stereocenters. The van der Waals surface area contributed by atoms with E-state index in [1.54, 1.807) is 0 Å². The predicted molar refractivity (Wildman–Crippen MR) is 112 cm³/mol. The number of hydrogen-bond acceptors (Lipinski definition) is 6. The van der Waals surface area contributed by atoms with Gasteiger partial charge in [-0.15, -0.1) is 0 Å². The first-order valence-electron chi connectivity index (χ1n) is 10.6. The molecule has 0 spiro atoms. The van der Waals surface area contributed by atoms with E-state index >= 15 is 0 Å². The number of rotatable bonds is 5. The van der Waals surface area contributed by atoms with Gasteiger partial charge in [0.2, 0.25) is 0 Å². The van der Waals surface area contributed by atoms with Crippen LogP contribution in [-0.2, 0) is 28.7 Å². The Hall–Kier alpha value is -2.31. The molecule has 154 valence electrons. The summed E-state index contributed by atoms with van der Waals surface area (Å²) in [6, 6.07) is 5.92. The third kappa shape index (κ3) is 4.65. The topological polar surface area (TPSA) is 64.6 Å². The molecule has 6 heteroatoms. The molecule has 4 rings (SSSR count). The number of morpholine rings is 1. The molecule has 2 aromatic rings. The van der Waals surface area contributed by atoms with Gasteiger partial charge in [0.1, 0.15) is 5.82 Å². The van der Waals surface area contributed by atoms with Gasteiger partial charge in [-0.3, -0.25) is 9.78 Å². The van der Waals surface area contributed by atoms with Gasteiger partial charge in [-0.25, -0.2) is 4.98 Å². The van der Waals surface area contributed by atoms with Crippen LogP contribution < -0.4 is 4.90 Å². The highest BCUT2D eigenvalue weighted by Gasteiger charge is 2.25. The Labute approximate surface area is 172 Å². The van der Waals surface area contributed by atoms with Crippen LogP contribution >= 0.6 is 0 Å². The van der Waals surface area contributed by atoms with E-state index < -0.39 is 0 Å². The Morgan fingerprint density at radius 3 is 2.90 bits per heavy atom. The Balaban J connectivity index is 1.67. The van der Waals surface area contributed by atoms with Crippen molar-refractivity contribution in [1.29, 1.82) is 0 Å². The second-order valence-electron chi connectivity index (χ2n) is 7.84. The average molecular weight is 396 g/mol. The maximum Gasteiger partial charge on any atom is 0.169 e. The molecular weight excluding hydrogens is 366 g/mol. The SMILES string of the molecule is CC[C@@H]1CN(c2cc(C(=O)Cc3ccc(C)cn3)c3c(n2)CCOCC3)CCO1. The lowest BCUT2D eigenvalue weighted by molar-refractivity contribution is 0.0381. The molecule has 0 bridgehead atoms. The van der Waals surface area contributed by atoms with Gasteiger partial charge in [-0.2, -0.15) is 0 Å². The number of ether oxygens (including phenoxy) is 2. The van der Waals surface area contributed by atoms with Gasteiger partial charge in [0.05, 0.1) is 32.3 Å². The molecular formula is C23H29N3O3. The summed E-state index contributed by atoms with van der Waals surface area (Å²) >= 11 is 0. The fourth-order valence-corrected chi connectivity index (χ4v) is 3.99. The molecule has 2 aliphatic heterocycles. The molecule has 0 saturated carbocycles. The molecule has 2 aromatic heterocycles. The van der Waals surface area contributed by atoms with Crippen molar-refractivity contribution in [1.82, 2.24) is 9.97 Å². The van der Waals surface area contributed by atoms with Crippen molar-refractivity contribution in [2.75, 3.05) is 37.8 Å². The van der Waals surface area contributed by atoms with Crippen LogP contribution in [0.1, 0.15) is 46.2 Å². The minimum Gasteiger partial charge on any atom is -0.381 e. The van der Waals surface area contributed by atoms with Crippen molar-refractivity contribution in [2.24, 2.45) is 0 Å². The Morgan fingerprint density at radius 1 is 1.24 bits per heavy atom. The van der Waals surface area contributed by atoms with E-state index in [1.807, 2.05) is 31.3 Å². The summed E-state index contributed by atoms with van der Waals surface area (Å²) in [6.07, 6.45) is 4.77. The van der Waals surface area contributed by atoms with Crippen molar-refractivity contribution in [3.8, 4) is 0 Å². The highest BCUT2D eigenvalue weighted by molar-refractivity contribution is 5.99. The fourth-order valence-electron chi connectivity index (χ4n) is 3.99. The summed E-state index contributed by atoms with van der Waals surface area (Å²) in [4.78, 5) is 24.9. The number of carbonyl (C=O) groups excluding carboxylic acids is 1. The molecule has 1 saturated heterocycles. The van der Waals surface area contributed by atoms with E-state index in [0.717, 1.165) is 66.2 Å². The number of Topliss-reactive ketones (excluding diaryl/α,β-unsaturated/α-hetero) is 1. The van der Waals surface area contributed by atoms with Gasteiger partial charge in [0, 0.05) is 42.7 Å². The van der Waals surface area contributed by atoms with Gasteiger partial charge >= 0.3 is 0 Å². The number of nitrogens with zero attached hydrogens (tertiary/aromatic N) is 3. The molecule has 0 amide bonds. The zero-order chi connectivity index (χ0) is 20.2. The molecule has 0 N–H and O–H groups in total. The Kier molecular flexibility index (Phi) is 6.21. The van der Waals surface area contributed by atoms with Crippen LogP contribution in [0, 0.1) is 6.92 Å². The molecule has 0 aromatic carbocycles. The maximum absolute atomic E-state index is 13.3. The smallest absolute Gasteiger partial charge is 0.169 e. The lowest BCUT2D eigenvalue weighted by Crippen LogP contribution is -2.42. The second kappa shape index (κ2) is 9.01. The molecule has 6 nitrogen and oxygen atoms in total. The number of hydrogen-bond donors (Lipinski definition) is 0. The third-order valence-corrected chi connectivity index (χ3v) is 5.71. The van der Waals surface area contributed by atoms with Crippen LogP contribution in [0.15, 0.2) is 24.4 Å². The van der Waals surface area contributed by atoms with Crippen molar-refractivity contribution < 1.29 is 14.3 Å². The molecule has 1 atom stereocenters. The lowest BCUT2D eigenvalue weighted by atomic mass is 9.96. The van der Waals surface area contributed by atoms with Gasteiger partial charge < -0.3 is 14.4 Å². The molecule has 0 radical (unpaired) electrons. The number of anilines is 1. The predicted octanol–water partition coefficient (Wildman–Crippen LogP) is 2.94. The van der Waals surface area contributed by atoms with Crippen LogP contribution in [0.5, 0.6) is 0 Å². The first-order chi connectivity index (χ1) is 14.1. The highest BCUT2D eigenvalue weighted by atomic mass is 16.5. The van der Waals surface area contributed by atoms with Gasteiger partial charge in [0.25, 0.3) is 0 Å². The van der Waals surface area contributed by atoms with Crippen molar-refractivity contribution >= 4 is 11.6 Å². The number of aromatic nitrogens is 2. The maximum atomic E-state index is 13.3. The zero-order valence-electron chi connectivity index (χ0n) is 17.3. The minimum atomic E-state index is 0.100. The number of carbonyl (C=O) groups is 1. The minimum absolute atomic E-state index is 0.100. The van der Waals surface area contributed by atoms with Crippen LogP contribution in [0.25, 0.3) is 0 Å². The first kappa shape index (κ1) is 20.0. The summed E-state index contributed by atoms with van der Waals surface area (Å²) in [6.45, 7) is 7.72. The molecule has 4 heterocycles. The van der Waals surface area contributed by atoms with Crippen LogP contribution in [0.2, 0.25) is 0 Å². The summed E-state index contributed by atoms with van der Waals surface area (Å²) in [5.41, 5.74) is 4.71. The van der Waals surface area contributed by atoms with E-state index in [9.17, 15) is 4.79 Å². The average Bonchev–Trinajstić information content (AvgIpc) is 3.00. The summed E-state index contributed by atoms with van der Waals surface area (Å²) < 4.78 is 11.5. The highest BCUT2D eigenvalue weighted by Crippen LogP contribution is 2.26. The molecule has 29 heavy (non-hydrogen) atoms.